The molecule has 0 unspecified atom stereocenters. The van der Waals surface area contributed by atoms with E-state index < -0.39 is 0 Å². The molecule has 0 aliphatic carbocycles. The summed E-state index contributed by atoms with van der Waals surface area (Å²) in [5.41, 5.74) is 2.20. The molecule has 0 atom stereocenters. The Morgan fingerprint density at radius 1 is 1.06 bits per heavy atom. The van der Waals surface area contributed by atoms with Crippen LogP contribution in [0, 0.1) is 0 Å². The van der Waals surface area contributed by atoms with Gasteiger partial charge in [0.1, 0.15) is 4.83 Å². The molecule has 0 saturated heterocycles. The number of nitrogens with one attached hydrogen (secondary N) is 1. The molecule has 0 bridgehead atoms. The normalized spacial score (nSPS) is 11.8. The third-order valence-corrected chi connectivity index (χ3v) is 3.97. The number of aromatic amines is 1. The maximum atomic E-state index is 4.47. The Balaban J connectivity index is 2.38. The highest BCUT2D eigenvalue weighted by atomic mass is 32.1. The minimum Gasteiger partial charge on any atom is -0.345 e. The average Bonchev–Trinajstić information content (AvgIpc) is 2.83. The van der Waals surface area contributed by atoms with Crippen molar-refractivity contribution in [3.05, 3.63) is 42.6 Å². The third-order valence-electron chi connectivity index (χ3n) is 2.89. The first-order valence-corrected chi connectivity index (χ1v) is 5.99. The second-order valence-corrected chi connectivity index (χ2v) is 4.88. The molecule has 3 heterocycles. The number of H-pyrrole nitrogens is 1. The van der Waals surface area contributed by atoms with Gasteiger partial charge in [0.15, 0.2) is 0 Å². The van der Waals surface area contributed by atoms with E-state index in [2.05, 4.69) is 40.3 Å². The van der Waals surface area contributed by atoms with Crippen LogP contribution in [0.2, 0.25) is 0 Å². The molecule has 0 amide bonds. The topological polar surface area (TPSA) is 28.7 Å². The lowest BCUT2D eigenvalue weighted by molar-refractivity contribution is 1.42. The lowest BCUT2D eigenvalue weighted by atomic mass is 10.2. The minimum atomic E-state index is 1.08. The summed E-state index contributed by atoms with van der Waals surface area (Å²) < 4.78 is 1.32. The van der Waals surface area contributed by atoms with E-state index in [0.717, 1.165) is 11.0 Å². The van der Waals surface area contributed by atoms with E-state index in [-0.39, 0.29) is 0 Å². The van der Waals surface area contributed by atoms with Crippen LogP contribution < -0.4 is 0 Å². The van der Waals surface area contributed by atoms with Crippen LogP contribution in [0.4, 0.5) is 0 Å². The summed E-state index contributed by atoms with van der Waals surface area (Å²) in [5.74, 6) is 0. The fraction of sp³-hybridized carbons (Fsp3) is 0. The van der Waals surface area contributed by atoms with Gasteiger partial charge in [0.25, 0.3) is 0 Å². The molecule has 4 aromatic rings. The number of aromatic nitrogens is 2. The molecular weight excluding hydrogens is 216 g/mol. The van der Waals surface area contributed by atoms with E-state index >= 15 is 0 Å². The van der Waals surface area contributed by atoms with E-state index in [1.165, 1.54) is 20.3 Å². The third kappa shape index (κ3) is 0.933. The van der Waals surface area contributed by atoms with E-state index in [9.17, 15) is 0 Å². The molecule has 0 spiro atoms. The Morgan fingerprint density at radius 3 is 3.00 bits per heavy atom. The summed E-state index contributed by atoms with van der Waals surface area (Å²) in [6, 6.07) is 12.5. The van der Waals surface area contributed by atoms with Crippen molar-refractivity contribution in [2.75, 3.05) is 0 Å². The second kappa shape index (κ2) is 2.83. The number of thiophene rings is 1. The van der Waals surface area contributed by atoms with Crippen LogP contribution in [-0.2, 0) is 0 Å². The highest BCUT2D eigenvalue weighted by Gasteiger charge is 2.10. The van der Waals surface area contributed by atoms with Gasteiger partial charge in [-0.3, -0.25) is 4.98 Å². The number of pyridine rings is 1. The fourth-order valence-corrected chi connectivity index (χ4v) is 3.31. The molecule has 2 nitrogen and oxygen atoms in total. The first-order chi connectivity index (χ1) is 7.93. The fourth-order valence-electron chi connectivity index (χ4n) is 2.20. The summed E-state index contributed by atoms with van der Waals surface area (Å²) in [7, 11) is 0. The second-order valence-electron chi connectivity index (χ2n) is 3.83. The molecule has 0 saturated carbocycles. The summed E-state index contributed by atoms with van der Waals surface area (Å²) in [6.07, 6.45) is 1.85. The number of rotatable bonds is 0. The van der Waals surface area contributed by atoms with E-state index in [1.54, 1.807) is 11.3 Å². The molecule has 3 aromatic heterocycles. The van der Waals surface area contributed by atoms with Gasteiger partial charge in [-0.1, -0.05) is 18.2 Å². The zero-order valence-electron chi connectivity index (χ0n) is 8.40. The minimum absolute atomic E-state index is 1.08. The number of benzene rings is 1. The molecule has 1 N–H and O–H groups in total. The predicted octanol–water partition coefficient (Wildman–Crippen LogP) is 3.93. The van der Waals surface area contributed by atoms with Crippen LogP contribution in [0.25, 0.3) is 31.3 Å². The summed E-state index contributed by atoms with van der Waals surface area (Å²) >= 11 is 1.79. The van der Waals surface area contributed by atoms with Gasteiger partial charge in [0.05, 0.1) is 11.0 Å². The molecule has 0 fully saturated rings. The van der Waals surface area contributed by atoms with Gasteiger partial charge in [0.2, 0.25) is 0 Å². The smallest absolute Gasteiger partial charge is 0.104 e. The largest absolute Gasteiger partial charge is 0.345 e. The Hall–Kier alpha value is -1.87. The molecule has 0 aliphatic heterocycles. The van der Waals surface area contributed by atoms with Crippen molar-refractivity contribution in [3.8, 4) is 0 Å². The predicted molar refractivity (Wildman–Crippen MR) is 69.0 cm³/mol. The van der Waals surface area contributed by atoms with Gasteiger partial charge >= 0.3 is 0 Å². The molecule has 4 rings (SSSR count). The zero-order chi connectivity index (χ0) is 10.5. The van der Waals surface area contributed by atoms with E-state index in [1.807, 2.05) is 12.3 Å². The quantitative estimate of drug-likeness (QED) is 0.481. The van der Waals surface area contributed by atoms with Gasteiger partial charge in [-0.25, -0.2) is 0 Å². The van der Waals surface area contributed by atoms with Crippen LogP contribution >= 0.6 is 11.3 Å². The Labute approximate surface area is 95.5 Å². The molecule has 0 radical (unpaired) electrons. The Kier molecular flexibility index (Phi) is 1.47. The number of fused-ring (bicyclic) bond motifs is 5. The first kappa shape index (κ1) is 8.30. The first-order valence-electron chi connectivity index (χ1n) is 5.17. The summed E-state index contributed by atoms with van der Waals surface area (Å²) in [4.78, 5) is 9.11. The van der Waals surface area contributed by atoms with Crippen molar-refractivity contribution in [3.63, 3.8) is 0 Å². The number of hydrogen-bond donors (Lipinski definition) is 1. The highest BCUT2D eigenvalue weighted by Crippen LogP contribution is 2.37. The monoisotopic (exact) mass is 224 g/mol. The highest BCUT2D eigenvalue weighted by molar-refractivity contribution is 7.25. The van der Waals surface area contributed by atoms with E-state index in [0.29, 0.717) is 0 Å². The van der Waals surface area contributed by atoms with Crippen molar-refractivity contribution >= 4 is 42.7 Å². The van der Waals surface area contributed by atoms with Crippen molar-refractivity contribution in [1.29, 1.82) is 0 Å². The van der Waals surface area contributed by atoms with Crippen molar-refractivity contribution in [2.45, 2.75) is 0 Å². The van der Waals surface area contributed by atoms with Crippen LogP contribution in [-0.4, -0.2) is 9.97 Å². The standard InChI is InChI=1S/C13H8N2S/c1-2-6-10-8(4-1)11-12-9(5-3-7-14-12)15-13(11)16-10/h1-7,15H. The van der Waals surface area contributed by atoms with Gasteiger partial charge in [-0.2, -0.15) is 0 Å². The molecule has 16 heavy (non-hydrogen) atoms. The Morgan fingerprint density at radius 2 is 2.00 bits per heavy atom. The molecular formula is C13H8N2S. The Bertz CT molecular complexity index is 745. The number of nitrogens with zero attached hydrogens (tertiary/aromatic N) is 1. The van der Waals surface area contributed by atoms with Crippen molar-refractivity contribution in [1.82, 2.24) is 9.97 Å². The molecule has 76 valence electrons. The lowest BCUT2D eigenvalue weighted by Gasteiger charge is -1.90. The molecule has 3 heteroatoms. The van der Waals surface area contributed by atoms with Gasteiger partial charge in [0, 0.05) is 21.7 Å². The van der Waals surface area contributed by atoms with Gasteiger partial charge in [-0.15, -0.1) is 11.3 Å². The molecule has 1 aromatic carbocycles. The zero-order valence-corrected chi connectivity index (χ0v) is 9.21. The summed E-state index contributed by atoms with van der Waals surface area (Å²) in [5, 5.41) is 2.56. The number of hydrogen-bond acceptors (Lipinski definition) is 2. The average molecular weight is 224 g/mol. The van der Waals surface area contributed by atoms with Crippen LogP contribution in [0.1, 0.15) is 0 Å². The van der Waals surface area contributed by atoms with Gasteiger partial charge < -0.3 is 4.98 Å². The maximum absolute atomic E-state index is 4.47. The van der Waals surface area contributed by atoms with Crippen LogP contribution in [0.3, 0.4) is 0 Å². The van der Waals surface area contributed by atoms with Crippen molar-refractivity contribution < 1.29 is 0 Å². The van der Waals surface area contributed by atoms with Crippen molar-refractivity contribution in [2.24, 2.45) is 0 Å². The lowest BCUT2D eigenvalue weighted by Crippen LogP contribution is -1.72. The summed E-state index contributed by atoms with van der Waals surface area (Å²) in [6.45, 7) is 0. The SMILES string of the molecule is c1cnc2c(c1)[nH]c1sc3ccccc3c12. The maximum Gasteiger partial charge on any atom is 0.104 e. The van der Waals surface area contributed by atoms with Gasteiger partial charge in [-0.05, 0) is 18.2 Å². The van der Waals surface area contributed by atoms with Crippen LogP contribution in [0.5, 0.6) is 0 Å². The van der Waals surface area contributed by atoms with E-state index in [4.69, 9.17) is 0 Å². The molecule has 0 aliphatic rings. The van der Waals surface area contributed by atoms with Crippen LogP contribution in [0.15, 0.2) is 42.6 Å².